The third-order valence-corrected chi connectivity index (χ3v) is 7.33. The molecule has 2 aliphatic carbocycles. The third kappa shape index (κ3) is 1.53. The second-order valence-corrected chi connectivity index (χ2v) is 8.41. The van der Waals surface area contributed by atoms with Gasteiger partial charge in [0.1, 0.15) is 12.9 Å². The number of carbonyl (C=O) groups excluding carboxylic acids is 1. The molecule has 0 N–H and O–H groups in total. The zero-order valence-corrected chi connectivity index (χ0v) is 14.4. The first kappa shape index (κ1) is 15.2. The van der Waals surface area contributed by atoms with Gasteiger partial charge in [-0.3, -0.25) is 4.79 Å². The molecule has 4 atom stereocenters. The van der Waals surface area contributed by atoms with Gasteiger partial charge >= 0.3 is 5.97 Å². The van der Waals surface area contributed by atoms with Crippen LogP contribution in [0.1, 0.15) is 60.3 Å². The molecule has 0 spiro atoms. The molecule has 3 rings (SSSR count). The van der Waals surface area contributed by atoms with Crippen LogP contribution in [0.4, 0.5) is 0 Å². The first-order valence-corrected chi connectivity index (χ1v) is 8.38. The van der Waals surface area contributed by atoms with E-state index in [1.54, 1.807) is 0 Å². The van der Waals surface area contributed by atoms with Gasteiger partial charge in [-0.2, -0.15) is 0 Å². The monoisotopic (exact) mass is 287 g/mol. The number of fused-ring (bicyclic) bond motifs is 2. The minimum atomic E-state index is -0.500. The van der Waals surface area contributed by atoms with Crippen LogP contribution in [-0.4, -0.2) is 18.8 Å². The van der Waals surface area contributed by atoms with Crippen molar-refractivity contribution < 1.29 is 9.53 Å². The van der Waals surface area contributed by atoms with E-state index in [4.69, 9.17) is 4.74 Å². The van der Waals surface area contributed by atoms with Gasteiger partial charge < -0.3 is 4.74 Å². The Hall–Kier alpha value is -0.725. The number of rotatable bonds is 1. The second kappa shape index (κ2) is 4.17. The first-order chi connectivity index (χ1) is 9.63. The molecule has 0 bridgehead atoms. The van der Waals surface area contributed by atoms with E-state index in [-0.39, 0.29) is 16.8 Å². The lowest BCUT2D eigenvalue weighted by Gasteiger charge is -2.60. The summed E-state index contributed by atoms with van der Waals surface area (Å²) in [5, 5.41) is 0. The molecule has 4 unspecified atom stereocenters. The van der Waals surface area contributed by atoms with E-state index in [0.717, 1.165) is 6.42 Å². The molecule has 0 aromatic heterocycles. The normalized spacial score (nSPS) is 48.0. The van der Waals surface area contributed by atoms with Gasteiger partial charge in [-0.1, -0.05) is 38.7 Å². The predicted molar refractivity (Wildman–Crippen MR) is 86.4 cm³/mol. The number of ether oxygens (including phenoxy) is 1. The highest BCUT2D eigenvalue weighted by molar-refractivity contribution is 6.37. The molecule has 1 radical (unpaired) electrons. The number of hydrogen-bond donors (Lipinski definition) is 0. The Morgan fingerprint density at radius 3 is 2.48 bits per heavy atom. The van der Waals surface area contributed by atoms with Crippen LogP contribution in [0.15, 0.2) is 11.6 Å². The predicted octanol–water partition coefficient (Wildman–Crippen LogP) is 4.40. The van der Waals surface area contributed by atoms with Crippen molar-refractivity contribution in [3.63, 3.8) is 0 Å². The molecule has 1 saturated heterocycles. The standard InChI is InChI=1S/C18H28BO2/c1-15(2)18(5)13(19-6)16(3)10-8-7-9-12(16)11-17(18,4)14(20)21-15/h11,13H,7-10H2,1-6H3. The summed E-state index contributed by atoms with van der Waals surface area (Å²) in [6.07, 6.45) is 7.20. The van der Waals surface area contributed by atoms with Crippen molar-refractivity contribution in [1.82, 2.24) is 0 Å². The average Bonchev–Trinajstić information content (AvgIpc) is 2.52. The first-order valence-electron chi connectivity index (χ1n) is 8.38. The molecule has 21 heavy (non-hydrogen) atoms. The van der Waals surface area contributed by atoms with Crippen molar-refractivity contribution >= 4 is 13.2 Å². The van der Waals surface area contributed by atoms with Crippen LogP contribution in [0.3, 0.4) is 0 Å². The highest BCUT2D eigenvalue weighted by atomic mass is 16.6. The van der Waals surface area contributed by atoms with Crippen LogP contribution in [0.25, 0.3) is 0 Å². The molecule has 2 nitrogen and oxygen atoms in total. The lowest BCUT2D eigenvalue weighted by molar-refractivity contribution is -0.150. The number of hydrogen-bond acceptors (Lipinski definition) is 2. The van der Waals surface area contributed by atoms with Crippen LogP contribution >= 0.6 is 0 Å². The molecule has 0 amide bonds. The molecule has 3 heteroatoms. The summed E-state index contributed by atoms with van der Waals surface area (Å²) in [6, 6.07) is 0. The Balaban J connectivity index is 2.27. The minimum absolute atomic E-state index is 0.0398. The quantitative estimate of drug-likeness (QED) is 0.406. The van der Waals surface area contributed by atoms with Crippen LogP contribution in [0, 0.1) is 16.2 Å². The Morgan fingerprint density at radius 2 is 1.86 bits per heavy atom. The molecule has 1 saturated carbocycles. The largest absolute Gasteiger partial charge is 0.458 e. The topological polar surface area (TPSA) is 26.3 Å². The summed E-state index contributed by atoms with van der Waals surface area (Å²) >= 11 is 0. The lowest BCUT2D eigenvalue weighted by Crippen LogP contribution is -2.57. The fraction of sp³-hybridized carbons (Fsp3) is 0.833. The van der Waals surface area contributed by atoms with E-state index in [1.165, 1.54) is 24.8 Å². The summed E-state index contributed by atoms with van der Waals surface area (Å²) in [5.74, 6) is 0.332. The highest BCUT2D eigenvalue weighted by Crippen LogP contribution is 2.72. The maximum Gasteiger partial charge on any atom is 0.316 e. The molecule has 0 aromatic rings. The van der Waals surface area contributed by atoms with Crippen LogP contribution in [-0.2, 0) is 9.53 Å². The van der Waals surface area contributed by atoms with Crippen molar-refractivity contribution in [3.05, 3.63) is 11.6 Å². The molecule has 115 valence electrons. The summed E-state index contributed by atoms with van der Waals surface area (Å²) in [6.45, 7) is 13.1. The van der Waals surface area contributed by atoms with Crippen molar-refractivity contribution in [1.29, 1.82) is 0 Å². The van der Waals surface area contributed by atoms with E-state index in [2.05, 4.69) is 54.8 Å². The summed E-state index contributed by atoms with van der Waals surface area (Å²) in [7, 11) is 2.35. The number of esters is 1. The van der Waals surface area contributed by atoms with Gasteiger partial charge in [0.25, 0.3) is 0 Å². The van der Waals surface area contributed by atoms with E-state index in [0.29, 0.717) is 5.82 Å². The Bertz CT molecular complexity index is 523. The molecule has 1 aliphatic heterocycles. The summed E-state index contributed by atoms with van der Waals surface area (Å²) in [5.41, 5.74) is 0.554. The minimum Gasteiger partial charge on any atom is -0.458 e. The van der Waals surface area contributed by atoms with Gasteiger partial charge in [0.05, 0.1) is 5.41 Å². The Labute approximate surface area is 129 Å². The molecule has 1 heterocycles. The third-order valence-electron chi connectivity index (χ3n) is 7.33. The average molecular weight is 287 g/mol. The number of cyclic esters (lactones) is 1. The van der Waals surface area contributed by atoms with Crippen LogP contribution < -0.4 is 0 Å². The van der Waals surface area contributed by atoms with Gasteiger partial charge in [0, 0.05) is 5.41 Å². The van der Waals surface area contributed by atoms with Gasteiger partial charge in [0.2, 0.25) is 0 Å². The van der Waals surface area contributed by atoms with Crippen molar-refractivity contribution in [3.8, 4) is 0 Å². The fourth-order valence-electron chi connectivity index (χ4n) is 5.72. The van der Waals surface area contributed by atoms with Crippen LogP contribution in [0.5, 0.6) is 0 Å². The molecular formula is C18H28BO2. The van der Waals surface area contributed by atoms with Gasteiger partial charge in [-0.15, -0.1) is 0 Å². The number of allylic oxidation sites excluding steroid dienone is 1. The maximum absolute atomic E-state index is 12.7. The smallest absolute Gasteiger partial charge is 0.316 e. The summed E-state index contributed by atoms with van der Waals surface area (Å²) < 4.78 is 5.88. The highest BCUT2D eigenvalue weighted by Gasteiger charge is 2.72. The molecule has 0 aromatic carbocycles. The molecule has 2 fully saturated rings. The SMILES string of the molecule is C[B]C1C2(C)CCCCC2=CC2(C)C(=O)OC(C)(C)C12C. The van der Waals surface area contributed by atoms with Crippen molar-refractivity contribution in [2.24, 2.45) is 16.2 Å². The molecule has 3 aliphatic rings. The van der Waals surface area contributed by atoms with E-state index in [9.17, 15) is 4.79 Å². The van der Waals surface area contributed by atoms with Gasteiger partial charge in [0.15, 0.2) is 0 Å². The Morgan fingerprint density at radius 1 is 1.19 bits per heavy atom. The second-order valence-electron chi connectivity index (χ2n) is 8.41. The number of carbonyl (C=O) groups is 1. The fourth-order valence-corrected chi connectivity index (χ4v) is 5.72. The zero-order chi connectivity index (χ0) is 15.7. The Kier molecular flexibility index (Phi) is 3.02. The van der Waals surface area contributed by atoms with Gasteiger partial charge in [-0.25, -0.2) is 0 Å². The zero-order valence-electron chi connectivity index (χ0n) is 14.4. The van der Waals surface area contributed by atoms with Gasteiger partial charge in [-0.05, 0) is 51.3 Å². The molecular weight excluding hydrogens is 259 g/mol. The van der Waals surface area contributed by atoms with E-state index >= 15 is 0 Å². The van der Waals surface area contributed by atoms with E-state index < -0.39 is 11.0 Å². The maximum atomic E-state index is 12.7. The van der Waals surface area contributed by atoms with Crippen molar-refractivity contribution in [2.75, 3.05) is 0 Å². The van der Waals surface area contributed by atoms with Crippen LogP contribution in [0.2, 0.25) is 12.6 Å². The van der Waals surface area contributed by atoms with E-state index in [1.807, 2.05) is 0 Å². The van der Waals surface area contributed by atoms with Crippen molar-refractivity contribution in [2.45, 2.75) is 78.5 Å². The summed E-state index contributed by atoms with van der Waals surface area (Å²) in [4.78, 5) is 12.7. The lowest BCUT2D eigenvalue weighted by atomic mass is 9.33.